The van der Waals surface area contributed by atoms with E-state index in [0.29, 0.717) is 57.5 Å². The van der Waals surface area contributed by atoms with Crippen LogP contribution in [-0.2, 0) is 19.2 Å². The Balaban J connectivity index is 0.813. The quantitative estimate of drug-likeness (QED) is 0.116. The number of rotatable bonds is 14. The van der Waals surface area contributed by atoms with E-state index in [9.17, 15) is 33.6 Å². The lowest BCUT2D eigenvalue weighted by molar-refractivity contribution is -0.140. The first kappa shape index (κ1) is 44.8. The van der Waals surface area contributed by atoms with Gasteiger partial charge in [0, 0.05) is 63.5 Å². The minimum absolute atomic E-state index is 0.0150. The maximum atomic E-state index is 15.6. The molecule has 5 aliphatic rings. The summed E-state index contributed by atoms with van der Waals surface area (Å²) in [4.78, 5) is 103. The van der Waals surface area contributed by atoms with Gasteiger partial charge in [-0.2, -0.15) is 13.8 Å². The molecule has 5 heterocycles. The van der Waals surface area contributed by atoms with Crippen LogP contribution in [0, 0.1) is 5.82 Å². The highest BCUT2D eigenvalue weighted by atomic mass is 19.3. The average Bonchev–Trinajstić information content (AvgIpc) is 4.02. The van der Waals surface area contributed by atoms with Crippen LogP contribution < -0.4 is 41.1 Å². The summed E-state index contributed by atoms with van der Waals surface area (Å²) in [6.45, 7) is 0.685. The number of amides is 7. The Hall–Kier alpha value is -6.84. The van der Waals surface area contributed by atoms with E-state index in [1.807, 2.05) is 4.90 Å². The second-order valence-corrected chi connectivity index (χ2v) is 16.7. The highest BCUT2D eigenvalue weighted by Crippen LogP contribution is 2.40. The third-order valence-corrected chi connectivity index (χ3v) is 12.3. The summed E-state index contributed by atoms with van der Waals surface area (Å²) in [5, 5.41) is 13.9. The number of carbonyl (C=O) groups excluding carboxylic acids is 7. The van der Waals surface area contributed by atoms with E-state index in [0.717, 1.165) is 28.7 Å². The van der Waals surface area contributed by atoms with Crippen molar-refractivity contribution in [1.82, 2.24) is 35.7 Å². The molecule has 5 N–H and O–H groups in total. The Labute approximate surface area is 370 Å². The Morgan fingerprint density at radius 2 is 1.78 bits per heavy atom. The molecule has 3 fully saturated rings. The molecule has 1 aromatic heterocycles. The van der Waals surface area contributed by atoms with Crippen LogP contribution in [0.15, 0.2) is 36.5 Å². The maximum Gasteiger partial charge on any atom is 0.342 e. The van der Waals surface area contributed by atoms with E-state index in [4.69, 9.17) is 4.74 Å². The van der Waals surface area contributed by atoms with Gasteiger partial charge >= 0.3 is 5.92 Å². The minimum Gasteiger partial charge on any atom is -0.495 e. The number of piperidine rings is 1. The molecule has 4 aliphatic heterocycles. The van der Waals surface area contributed by atoms with Crippen LogP contribution in [0.5, 0.6) is 5.75 Å². The van der Waals surface area contributed by atoms with Gasteiger partial charge in [0.2, 0.25) is 23.7 Å². The molecule has 65 heavy (non-hydrogen) atoms. The largest absolute Gasteiger partial charge is 0.495 e. The zero-order valence-corrected chi connectivity index (χ0v) is 35.7. The van der Waals surface area contributed by atoms with Gasteiger partial charge in [-0.25, -0.2) is 9.37 Å². The summed E-state index contributed by atoms with van der Waals surface area (Å²) in [7, 11) is 2.58. The number of nitrogens with zero attached hydrogens (tertiary/aromatic N) is 6. The molecule has 0 spiro atoms. The Morgan fingerprint density at radius 1 is 1.00 bits per heavy atom. The SMILES string of the molecule is COc1cc(C(=O)N[C@H]2CCN(CC(=O)NCCCNc3cccc4c3C(=O)N(C3CCC(=O)NC3=O)C4=O)C2)c(F)cc1Nc1ncc2c(n1)N(C1CCCC1)CC(F)(F)C(=O)N2C. The van der Waals surface area contributed by atoms with E-state index in [1.54, 1.807) is 12.1 Å². The number of nitrogens with one attached hydrogen (secondary N) is 5. The van der Waals surface area contributed by atoms with Crippen LogP contribution in [0.4, 0.5) is 42.0 Å². The molecule has 2 aromatic carbocycles. The zero-order chi connectivity index (χ0) is 46.2. The number of benzene rings is 2. The second kappa shape index (κ2) is 18.3. The summed E-state index contributed by atoms with van der Waals surface area (Å²) < 4.78 is 51.2. The van der Waals surface area contributed by atoms with Gasteiger partial charge in [-0.05, 0) is 50.3 Å². The summed E-state index contributed by atoms with van der Waals surface area (Å²) in [6.07, 6.45) is 5.32. The number of alkyl halides is 2. The van der Waals surface area contributed by atoms with E-state index < -0.39 is 59.8 Å². The second-order valence-electron chi connectivity index (χ2n) is 16.7. The highest BCUT2D eigenvalue weighted by Gasteiger charge is 2.49. The van der Waals surface area contributed by atoms with Crippen molar-refractivity contribution < 1.29 is 51.5 Å². The predicted molar refractivity (Wildman–Crippen MR) is 228 cm³/mol. The summed E-state index contributed by atoms with van der Waals surface area (Å²) in [6, 6.07) is 5.33. The number of hydrogen-bond acceptors (Lipinski definition) is 14. The topological polar surface area (TPSA) is 228 Å². The lowest BCUT2D eigenvalue weighted by atomic mass is 10.0. The molecular formula is C43H48F3N11O8. The molecule has 1 saturated carbocycles. The van der Waals surface area contributed by atoms with Crippen molar-refractivity contribution in [2.45, 2.75) is 75.4 Å². The molecule has 1 aliphatic carbocycles. The monoisotopic (exact) mass is 903 g/mol. The van der Waals surface area contributed by atoms with Crippen molar-refractivity contribution in [2.75, 3.05) is 73.9 Å². The molecule has 2 saturated heterocycles. The fraction of sp³-hybridized carbons (Fsp3) is 0.465. The molecule has 0 bridgehead atoms. The van der Waals surface area contributed by atoms with Gasteiger partial charge in [0.25, 0.3) is 23.6 Å². The molecule has 8 rings (SSSR count). The smallest absolute Gasteiger partial charge is 0.342 e. The lowest BCUT2D eigenvalue weighted by Crippen LogP contribution is -2.54. The number of aromatic nitrogens is 2. The molecule has 1 unspecified atom stereocenters. The van der Waals surface area contributed by atoms with Crippen molar-refractivity contribution in [1.29, 1.82) is 0 Å². The summed E-state index contributed by atoms with van der Waals surface area (Å²) >= 11 is 0. The number of imide groups is 2. The minimum atomic E-state index is -3.66. The van der Waals surface area contributed by atoms with Crippen molar-refractivity contribution in [3.05, 3.63) is 59.0 Å². The summed E-state index contributed by atoms with van der Waals surface area (Å²) in [5.74, 6) is -9.07. The molecule has 3 aromatic rings. The lowest BCUT2D eigenvalue weighted by Gasteiger charge is -2.31. The van der Waals surface area contributed by atoms with Crippen LogP contribution in [0.3, 0.4) is 0 Å². The number of halogens is 3. The van der Waals surface area contributed by atoms with Gasteiger partial charge in [-0.1, -0.05) is 18.9 Å². The highest BCUT2D eigenvalue weighted by molar-refractivity contribution is 6.25. The molecule has 2 atom stereocenters. The molecule has 19 nitrogen and oxygen atoms in total. The summed E-state index contributed by atoms with van der Waals surface area (Å²) in [5.41, 5.74) is 0.596. The van der Waals surface area contributed by atoms with E-state index in [-0.39, 0.29) is 83.0 Å². The van der Waals surface area contributed by atoms with Crippen LogP contribution in [0.2, 0.25) is 0 Å². The van der Waals surface area contributed by atoms with Gasteiger partial charge in [-0.3, -0.25) is 48.7 Å². The molecule has 344 valence electrons. The molecule has 22 heteroatoms. The maximum absolute atomic E-state index is 15.6. The number of carbonyl (C=O) groups is 7. The first-order chi connectivity index (χ1) is 31.1. The predicted octanol–water partition coefficient (Wildman–Crippen LogP) is 2.55. The van der Waals surface area contributed by atoms with Crippen LogP contribution in [-0.4, -0.2) is 139 Å². The first-order valence-electron chi connectivity index (χ1n) is 21.5. The van der Waals surface area contributed by atoms with Crippen molar-refractivity contribution in [2.24, 2.45) is 0 Å². The van der Waals surface area contributed by atoms with Crippen molar-refractivity contribution >= 4 is 70.2 Å². The number of likely N-dealkylation sites (tertiary alicyclic amines) is 1. The molecule has 0 radical (unpaired) electrons. The number of hydrogen-bond donors (Lipinski definition) is 5. The standard InChI is InChI=1S/C43H48F3N11O8/c1-54-31-19-49-42(53-36(31)56(24-7-3-4-8-24)22-43(45,46)41(54)64)51-29-18-27(44)26(17-32(29)65-2)37(60)50-23-13-16-55(20-23)21-34(59)48-15-6-14-47-28-10-5-9-25-35(28)40(63)57(39(25)62)30-11-12-33(58)52-38(30)61/h5,9-10,17-19,23-24,30,47H,3-4,6-8,11-16,20-22H2,1-2H3,(H,48,59)(H,50,60)(H,49,51,53)(H,52,58,61)/t23-,30?/m0/s1. The fourth-order valence-corrected chi connectivity index (χ4v) is 9.04. The number of methoxy groups -OCH3 is 1. The van der Waals surface area contributed by atoms with Crippen LogP contribution in [0.25, 0.3) is 0 Å². The normalized spacial score (nSPS) is 20.9. The Morgan fingerprint density at radius 3 is 2.54 bits per heavy atom. The number of anilines is 5. The van der Waals surface area contributed by atoms with E-state index in [2.05, 4.69) is 36.6 Å². The van der Waals surface area contributed by atoms with Gasteiger partial charge in [0.05, 0.1) is 48.8 Å². The zero-order valence-electron chi connectivity index (χ0n) is 35.7. The average molecular weight is 904 g/mol. The first-order valence-corrected chi connectivity index (χ1v) is 21.5. The van der Waals surface area contributed by atoms with Gasteiger partial charge < -0.3 is 35.8 Å². The van der Waals surface area contributed by atoms with Crippen LogP contribution >= 0.6 is 0 Å². The number of fused-ring (bicyclic) bond motifs is 2. The van der Waals surface area contributed by atoms with Gasteiger partial charge in [-0.15, -0.1) is 0 Å². The van der Waals surface area contributed by atoms with Crippen LogP contribution in [0.1, 0.15) is 82.4 Å². The van der Waals surface area contributed by atoms with Crippen molar-refractivity contribution in [3.63, 3.8) is 0 Å². The number of ether oxygens (including phenoxy) is 1. The Bertz CT molecular complexity index is 2450. The van der Waals surface area contributed by atoms with E-state index >= 15 is 13.2 Å². The Kier molecular flexibility index (Phi) is 12.6. The molecular weight excluding hydrogens is 856 g/mol. The van der Waals surface area contributed by atoms with Crippen molar-refractivity contribution in [3.8, 4) is 5.75 Å². The van der Waals surface area contributed by atoms with Gasteiger partial charge in [0.15, 0.2) is 5.82 Å². The molecule has 7 amide bonds. The van der Waals surface area contributed by atoms with Gasteiger partial charge in [0.1, 0.15) is 23.3 Å². The fourth-order valence-electron chi connectivity index (χ4n) is 9.04. The third kappa shape index (κ3) is 9.11. The van der Waals surface area contributed by atoms with E-state index in [1.165, 1.54) is 37.4 Å². The third-order valence-electron chi connectivity index (χ3n) is 12.3.